The number of amides is 2. The van der Waals surface area contributed by atoms with Crippen LogP contribution in [0, 0.1) is 0 Å². The number of ether oxygens (including phenoxy) is 5. The number of hydrogen-bond acceptors (Lipinski definition) is 19. The molecule has 21 nitrogen and oxygen atoms in total. The van der Waals surface area contributed by atoms with Gasteiger partial charge in [-0.05, 0) is 0 Å². The van der Waals surface area contributed by atoms with Crippen LogP contribution in [0.5, 0.6) is 0 Å². The van der Waals surface area contributed by atoms with Crippen LogP contribution in [-0.2, 0) is 38.1 Å². The number of carboxylic acid groups (broad SMARTS) is 1. The molecule has 12 N–H and O–H groups in total. The van der Waals surface area contributed by atoms with Crippen molar-refractivity contribution < 1.29 is 124 Å². The fraction of sp³-hybridized carbons (Fsp3) is 0.880. The second kappa shape index (κ2) is 17.6. The fourth-order valence-electron chi connectivity index (χ4n) is 5.45. The molecule has 3 saturated heterocycles. The monoisotopic (exact) mass is 696 g/mol. The number of carbonyl (C=O) groups excluding carboxylic acids is 3. The van der Waals surface area contributed by atoms with Gasteiger partial charge in [-0.1, -0.05) is 0 Å². The van der Waals surface area contributed by atoms with Crippen molar-refractivity contribution in [2.45, 2.75) is 118 Å². The fourth-order valence-corrected chi connectivity index (χ4v) is 5.45. The predicted molar refractivity (Wildman–Crippen MR) is 139 cm³/mol. The summed E-state index contributed by atoms with van der Waals surface area (Å²) < 4.78 is 27.3. The minimum absolute atomic E-state index is 0. The van der Waals surface area contributed by atoms with Gasteiger partial charge in [0.2, 0.25) is 17.6 Å². The Bertz CT molecular complexity index is 1060. The molecule has 0 saturated carbocycles. The Morgan fingerprint density at radius 2 is 1.49 bits per heavy atom. The molecule has 22 heteroatoms. The van der Waals surface area contributed by atoms with Crippen LogP contribution in [0.4, 0.5) is 0 Å². The Hall–Kier alpha value is -1.19. The molecular weight excluding hydrogens is 655 g/mol. The van der Waals surface area contributed by atoms with Crippen LogP contribution in [0.3, 0.4) is 0 Å². The number of rotatable bonds is 12. The molecule has 266 valence electrons. The van der Waals surface area contributed by atoms with E-state index in [1.165, 1.54) is 0 Å². The number of carbonyl (C=O) groups is 3. The number of hydrogen-bond donors (Lipinski definition) is 12. The Labute approximate surface area is 289 Å². The first-order valence-corrected chi connectivity index (χ1v) is 14.2. The number of aliphatic carboxylic acids is 1. The van der Waals surface area contributed by atoms with Crippen molar-refractivity contribution in [1.82, 2.24) is 10.6 Å². The Morgan fingerprint density at radius 1 is 0.894 bits per heavy atom. The SMILES string of the molecule is CC(=O)N[C@H]1[C@H]([C@H](O)[C@H](O)CO)O[C@@](OC[C@H]2OC(O)[C@H](NC(C)=O)[C@@H](O)[C@@H]2O[C@@H]2O[C@H](CO)[C@H](O)[C@H](O)[C@H]2O)(C(=O)[O-])C[C@@H]1O.[Na+]. The van der Waals surface area contributed by atoms with Crippen molar-refractivity contribution in [3.05, 3.63) is 0 Å². The summed E-state index contributed by atoms with van der Waals surface area (Å²) in [6, 6.07) is -3.12. The molecule has 16 atom stereocenters. The molecule has 3 fully saturated rings. The van der Waals surface area contributed by atoms with E-state index in [9.17, 15) is 70.6 Å². The maximum atomic E-state index is 12.4. The van der Waals surface area contributed by atoms with Gasteiger partial charge in [0.15, 0.2) is 12.6 Å². The third-order valence-corrected chi connectivity index (χ3v) is 7.85. The summed E-state index contributed by atoms with van der Waals surface area (Å²) in [5.41, 5.74) is 0. The molecule has 0 spiro atoms. The summed E-state index contributed by atoms with van der Waals surface area (Å²) in [7, 11) is 0. The van der Waals surface area contributed by atoms with Gasteiger partial charge in [-0.3, -0.25) is 9.59 Å². The molecule has 0 aromatic carbocycles. The average Bonchev–Trinajstić information content (AvgIpc) is 2.99. The van der Waals surface area contributed by atoms with Crippen molar-refractivity contribution in [1.29, 1.82) is 0 Å². The van der Waals surface area contributed by atoms with Crippen LogP contribution in [0.2, 0.25) is 0 Å². The molecule has 0 aromatic rings. The molecule has 47 heavy (non-hydrogen) atoms. The van der Waals surface area contributed by atoms with E-state index in [0.717, 1.165) is 13.8 Å². The summed E-state index contributed by atoms with van der Waals surface area (Å²) >= 11 is 0. The number of nitrogens with one attached hydrogen (secondary N) is 2. The molecule has 3 heterocycles. The van der Waals surface area contributed by atoms with Crippen LogP contribution >= 0.6 is 0 Å². The van der Waals surface area contributed by atoms with E-state index in [0.29, 0.717) is 0 Å². The normalized spacial score (nSPS) is 42.0. The summed E-state index contributed by atoms with van der Waals surface area (Å²) in [6.45, 7) is -0.818. The molecule has 3 aliphatic rings. The van der Waals surface area contributed by atoms with Gasteiger partial charge in [-0.15, -0.1) is 0 Å². The number of aliphatic hydroxyl groups is 10. The van der Waals surface area contributed by atoms with Gasteiger partial charge >= 0.3 is 29.6 Å². The minimum atomic E-state index is -2.98. The molecule has 3 rings (SSSR count). The Kier molecular flexibility index (Phi) is 15.8. The number of aliphatic hydroxyl groups excluding tert-OH is 10. The van der Waals surface area contributed by atoms with E-state index in [-0.39, 0.29) is 29.6 Å². The zero-order valence-electron chi connectivity index (χ0n) is 25.6. The maximum absolute atomic E-state index is 12.4. The molecule has 1 unspecified atom stereocenters. The first-order valence-electron chi connectivity index (χ1n) is 14.2. The van der Waals surface area contributed by atoms with Crippen molar-refractivity contribution >= 4 is 17.8 Å². The molecule has 0 aliphatic carbocycles. The van der Waals surface area contributed by atoms with E-state index in [1.54, 1.807) is 0 Å². The van der Waals surface area contributed by atoms with Gasteiger partial charge in [0, 0.05) is 20.3 Å². The van der Waals surface area contributed by atoms with Crippen molar-refractivity contribution in [2.24, 2.45) is 0 Å². The third kappa shape index (κ3) is 9.53. The molecule has 0 aromatic heterocycles. The topological polar surface area (TPSA) is 347 Å². The third-order valence-electron chi connectivity index (χ3n) is 7.85. The van der Waals surface area contributed by atoms with E-state index < -0.39 is 142 Å². The summed E-state index contributed by atoms with van der Waals surface area (Å²) in [5.74, 6) is -6.60. The number of carboxylic acids is 1. The van der Waals surface area contributed by atoms with Gasteiger partial charge in [0.05, 0.1) is 32.0 Å². The maximum Gasteiger partial charge on any atom is 1.00 e. The standard InChI is InChI=1S/C25H42N2O19.Na/c1-7(30)26-13-9(32)3-25(24(40)41,46-21(13)15(34)10(33)4-28)42-6-12-20(17(36)14(22(39)43-12)27-8(2)31)45-23-19(38)18(37)16(35)11(5-29)44-23;/h9-23,28-29,32-39H,3-6H2,1-2H3,(H,26,30)(H,27,31)(H,40,41);/q;+1/p-1/t9-,10+,11+,12+,13+,14+,15+,16-,17+,18-,19+,20+,21+,22?,23-,25+;/m0./s1. The van der Waals surface area contributed by atoms with Gasteiger partial charge in [0.25, 0.3) is 0 Å². The molecular formula is C25H41N2NaO19. The van der Waals surface area contributed by atoms with E-state index in [2.05, 4.69) is 10.6 Å². The average molecular weight is 697 g/mol. The van der Waals surface area contributed by atoms with E-state index >= 15 is 0 Å². The van der Waals surface area contributed by atoms with Gasteiger partial charge in [0.1, 0.15) is 73.1 Å². The van der Waals surface area contributed by atoms with Gasteiger partial charge in [-0.2, -0.15) is 0 Å². The summed E-state index contributed by atoms with van der Waals surface area (Å²) in [6.07, 6.45) is -25.3. The minimum Gasteiger partial charge on any atom is -0.544 e. The van der Waals surface area contributed by atoms with Crippen molar-refractivity contribution in [3.8, 4) is 0 Å². The van der Waals surface area contributed by atoms with Gasteiger partial charge < -0.3 is 95.3 Å². The van der Waals surface area contributed by atoms with Crippen LogP contribution in [0.15, 0.2) is 0 Å². The van der Waals surface area contributed by atoms with Crippen LogP contribution in [0.25, 0.3) is 0 Å². The summed E-state index contributed by atoms with van der Waals surface area (Å²) in [5, 5.41) is 119. The van der Waals surface area contributed by atoms with Crippen LogP contribution in [0.1, 0.15) is 20.3 Å². The van der Waals surface area contributed by atoms with Crippen molar-refractivity contribution in [3.63, 3.8) is 0 Å². The molecule has 2 amide bonds. The Morgan fingerprint density at radius 3 is 2.02 bits per heavy atom. The molecule has 3 aliphatic heterocycles. The van der Waals surface area contributed by atoms with Crippen molar-refractivity contribution in [2.75, 3.05) is 19.8 Å². The quantitative estimate of drug-likeness (QED) is 0.0843. The first-order chi connectivity index (χ1) is 21.5. The first kappa shape index (κ1) is 42.0. The van der Waals surface area contributed by atoms with E-state index in [4.69, 9.17) is 23.7 Å². The molecule has 0 radical (unpaired) electrons. The smallest absolute Gasteiger partial charge is 0.544 e. The van der Waals surface area contributed by atoms with Crippen LogP contribution < -0.4 is 45.3 Å². The molecule has 0 bridgehead atoms. The summed E-state index contributed by atoms with van der Waals surface area (Å²) in [4.78, 5) is 35.9. The predicted octanol–water partition coefficient (Wildman–Crippen LogP) is -12.4. The zero-order chi connectivity index (χ0) is 34.7. The largest absolute Gasteiger partial charge is 1.00 e. The zero-order valence-corrected chi connectivity index (χ0v) is 27.6. The van der Waals surface area contributed by atoms with Gasteiger partial charge in [-0.25, -0.2) is 0 Å². The second-order valence-electron chi connectivity index (χ2n) is 11.3. The second-order valence-corrected chi connectivity index (χ2v) is 11.3. The van der Waals surface area contributed by atoms with E-state index in [1.807, 2.05) is 0 Å². The Balaban J connectivity index is 0.00000768. The van der Waals surface area contributed by atoms with Crippen LogP contribution in [-0.4, -0.2) is 186 Å².